The van der Waals surface area contributed by atoms with E-state index < -0.39 is 0 Å². The first-order chi connectivity index (χ1) is 9.31. The highest BCUT2D eigenvalue weighted by molar-refractivity contribution is 7.21. The van der Waals surface area contributed by atoms with E-state index in [0.717, 1.165) is 16.9 Å². The van der Waals surface area contributed by atoms with Crippen LogP contribution in [0.2, 0.25) is 0 Å². The second kappa shape index (κ2) is 4.98. The average molecular weight is 265 g/mol. The summed E-state index contributed by atoms with van der Waals surface area (Å²) in [7, 11) is 0. The van der Waals surface area contributed by atoms with Crippen molar-refractivity contribution in [1.29, 1.82) is 0 Å². The SMILES string of the molecule is C=Cc1cc(-c2nc3ccccc3s2)ccc1CC. The number of fused-ring (bicyclic) bond motifs is 1. The van der Waals surface area contributed by atoms with Crippen molar-refractivity contribution in [3.8, 4) is 10.6 Å². The molecule has 94 valence electrons. The monoisotopic (exact) mass is 265 g/mol. The molecule has 0 saturated carbocycles. The molecular weight excluding hydrogens is 250 g/mol. The van der Waals surface area contributed by atoms with Gasteiger partial charge in [-0.3, -0.25) is 0 Å². The van der Waals surface area contributed by atoms with E-state index in [1.54, 1.807) is 11.3 Å². The summed E-state index contributed by atoms with van der Waals surface area (Å²) >= 11 is 1.74. The minimum atomic E-state index is 1.03. The average Bonchev–Trinajstić information content (AvgIpc) is 2.90. The number of benzene rings is 2. The summed E-state index contributed by atoms with van der Waals surface area (Å²) in [5.41, 5.74) is 4.79. The van der Waals surface area contributed by atoms with Gasteiger partial charge in [0, 0.05) is 5.56 Å². The Labute approximate surface area is 117 Å². The van der Waals surface area contributed by atoms with Gasteiger partial charge in [-0.05, 0) is 35.7 Å². The van der Waals surface area contributed by atoms with Gasteiger partial charge in [0.25, 0.3) is 0 Å². The Morgan fingerprint density at radius 2 is 2.05 bits per heavy atom. The van der Waals surface area contributed by atoms with Crippen LogP contribution in [0.1, 0.15) is 18.1 Å². The molecule has 0 aliphatic heterocycles. The van der Waals surface area contributed by atoms with E-state index in [2.05, 4.69) is 49.9 Å². The molecule has 0 radical (unpaired) electrons. The fraction of sp³-hybridized carbons (Fsp3) is 0.118. The molecule has 0 amide bonds. The van der Waals surface area contributed by atoms with Crippen LogP contribution >= 0.6 is 11.3 Å². The number of hydrogen-bond acceptors (Lipinski definition) is 2. The molecule has 0 fully saturated rings. The lowest BCUT2D eigenvalue weighted by atomic mass is 10.0. The summed E-state index contributed by atoms with van der Waals surface area (Å²) < 4.78 is 1.23. The van der Waals surface area contributed by atoms with E-state index in [4.69, 9.17) is 4.98 Å². The van der Waals surface area contributed by atoms with E-state index in [1.165, 1.54) is 21.4 Å². The van der Waals surface area contributed by atoms with E-state index in [9.17, 15) is 0 Å². The third-order valence-electron chi connectivity index (χ3n) is 3.29. The van der Waals surface area contributed by atoms with Gasteiger partial charge in [0.1, 0.15) is 5.01 Å². The largest absolute Gasteiger partial charge is 0.236 e. The van der Waals surface area contributed by atoms with Crippen LogP contribution in [0.3, 0.4) is 0 Å². The summed E-state index contributed by atoms with van der Waals surface area (Å²) in [4.78, 5) is 4.70. The molecule has 0 aliphatic rings. The molecule has 0 N–H and O–H groups in total. The Hall–Kier alpha value is -1.93. The van der Waals surface area contributed by atoms with Crippen LogP contribution in [0.15, 0.2) is 49.0 Å². The summed E-state index contributed by atoms with van der Waals surface area (Å²) in [5, 5.41) is 1.08. The number of thiazole rings is 1. The van der Waals surface area contributed by atoms with Crippen molar-refractivity contribution in [2.24, 2.45) is 0 Å². The zero-order chi connectivity index (χ0) is 13.2. The molecule has 1 nitrogen and oxygen atoms in total. The van der Waals surface area contributed by atoms with E-state index in [-0.39, 0.29) is 0 Å². The molecular formula is C17H15NS. The first-order valence-corrected chi connectivity index (χ1v) is 7.24. The van der Waals surface area contributed by atoms with E-state index in [0.29, 0.717) is 0 Å². The predicted octanol–water partition coefficient (Wildman–Crippen LogP) is 5.17. The summed E-state index contributed by atoms with van der Waals surface area (Å²) in [5.74, 6) is 0. The Morgan fingerprint density at radius 3 is 2.79 bits per heavy atom. The number of nitrogens with zero attached hydrogens (tertiary/aromatic N) is 1. The molecule has 1 heterocycles. The first-order valence-electron chi connectivity index (χ1n) is 6.43. The number of aryl methyl sites for hydroxylation is 1. The molecule has 2 aromatic carbocycles. The highest BCUT2D eigenvalue weighted by Crippen LogP contribution is 2.31. The van der Waals surface area contributed by atoms with Crippen LogP contribution in [0.25, 0.3) is 26.9 Å². The van der Waals surface area contributed by atoms with Crippen molar-refractivity contribution in [3.05, 3.63) is 60.2 Å². The van der Waals surface area contributed by atoms with E-state index in [1.807, 2.05) is 12.1 Å². The van der Waals surface area contributed by atoms with E-state index >= 15 is 0 Å². The van der Waals surface area contributed by atoms with Gasteiger partial charge < -0.3 is 0 Å². The molecule has 0 unspecified atom stereocenters. The normalized spacial score (nSPS) is 10.8. The number of rotatable bonds is 3. The van der Waals surface area contributed by atoms with Gasteiger partial charge in [-0.25, -0.2) is 4.98 Å². The number of para-hydroxylation sites is 1. The van der Waals surface area contributed by atoms with Crippen molar-refractivity contribution >= 4 is 27.6 Å². The van der Waals surface area contributed by atoms with Gasteiger partial charge in [0.2, 0.25) is 0 Å². The maximum atomic E-state index is 4.70. The maximum absolute atomic E-state index is 4.70. The lowest BCUT2D eigenvalue weighted by Gasteiger charge is -2.05. The molecule has 3 aromatic rings. The third kappa shape index (κ3) is 2.20. The highest BCUT2D eigenvalue weighted by atomic mass is 32.1. The van der Waals surface area contributed by atoms with Crippen LogP contribution in [0.5, 0.6) is 0 Å². The predicted molar refractivity (Wildman–Crippen MR) is 84.5 cm³/mol. The van der Waals surface area contributed by atoms with Gasteiger partial charge in [0.05, 0.1) is 10.2 Å². The highest BCUT2D eigenvalue weighted by Gasteiger charge is 2.07. The lowest BCUT2D eigenvalue weighted by Crippen LogP contribution is -1.87. The van der Waals surface area contributed by atoms with Crippen LogP contribution in [-0.2, 0) is 6.42 Å². The molecule has 0 atom stereocenters. The zero-order valence-corrected chi connectivity index (χ0v) is 11.7. The summed E-state index contributed by atoms with van der Waals surface area (Å²) in [6.07, 6.45) is 2.96. The molecule has 2 heteroatoms. The summed E-state index contributed by atoms with van der Waals surface area (Å²) in [6.45, 7) is 6.07. The Bertz CT molecular complexity index is 707. The van der Waals surface area contributed by atoms with Crippen LogP contribution in [0, 0.1) is 0 Å². The van der Waals surface area contributed by atoms with Gasteiger partial charge in [0.15, 0.2) is 0 Å². The third-order valence-corrected chi connectivity index (χ3v) is 4.37. The molecule has 0 spiro atoms. The fourth-order valence-corrected chi connectivity index (χ4v) is 3.20. The van der Waals surface area contributed by atoms with Crippen molar-refractivity contribution in [3.63, 3.8) is 0 Å². The Morgan fingerprint density at radius 1 is 1.21 bits per heavy atom. The van der Waals surface area contributed by atoms with Crippen LogP contribution < -0.4 is 0 Å². The fourth-order valence-electron chi connectivity index (χ4n) is 2.24. The maximum Gasteiger partial charge on any atom is 0.124 e. The molecule has 0 saturated heterocycles. The van der Waals surface area contributed by atoms with Crippen molar-refractivity contribution in [2.75, 3.05) is 0 Å². The summed E-state index contributed by atoms with van der Waals surface area (Å²) in [6, 6.07) is 14.8. The smallest absolute Gasteiger partial charge is 0.124 e. The van der Waals surface area contributed by atoms with Gasteiger partial charge in [-0.2, -0.15) is 0 Å². The zero-order valence-electron chi connectivity index (χ0n) is 10.9. The van der Waals surface area contributed by atoms with Crippen molar-refractivity contribution in [1.82, 2.24) is 4.98 Å². The van der Waals surface area contributed by atoms with Crippen LogP contribution in [0.4, 0.5) is 0 Å². The van der Waals surface area contributed by atoms with Crippen molar-refractivity contribution < 1.29 is 0 Å². The van der Waals surface area contributed by atoms with Gasteiger partial charge in [-0.15, -0.1) is 11.3 Å². The number of hydrogen-bond donors (Lipinski definition) is 0. The topological polar surface area (TPSA) is 12.9 Å². The van der Waals surface area contributed by atoms with Gasteiger partial charge >= 0.3 is 0 Å². The lowest BCUT2D eigenvalue weighted by molar-refractivity contribution is 1.13. The molecule has 0 aliphatic carbocycles. The second-order valence-corrected chi connectivity index (χ2v) is 5.49. The number of aromatic nitrogens is 1. The van der Waals surface area contributed by atoms with Crippen molar-refractivity contribution in [2.45, 2.75) is 13.3 Å². The van der Waals surface area contributed by atoms with Gasteiger partial charge in [-0.1, -0.05) is 43.8 Å². The molecule has 3 rings (SSSR count). The molecule has 1 aromatic heterocycles. The molecule has 0 bridgehead atoms. The minimum Gasteiger partial charge on any atom is -0.236 e. The molecule has 19 heavy (non-hydrogen) atoms. The first kappa shape index (κ1) is 12.1. The Balaban J connectivity index is 2.13. The Kier molecular flexibility index (Phi) is 3.18. The quantitative estimate of drug-likeness (QED) is 0.636. The van der Waals surface area contributed by atoms with Crippen LogP contribution in [-0.4, -0.2) is 4.98 Å². The second-order valence-electron chi connectivity index (χ2n) is 4.46. The standard InChI is InChI=1S/C17H15NS/c1-3-12-9-10-14(11-13(12)4-2)17-18-15-7-5-6-8-16(15)19-17/h4-11H,2-3H2,1H3. The minimum absolute atomic E-state index is 1.03.